The van der Waals surface area contributed by atoms with E-state index in [2.05, 4.69) is 10.6 Å². The molecule has 2 rings (SSSR count). The van der Waals surface area contributed by atoms with Gasteiger partial charge in [0.2, 0.25) is 5.91 Å². The highest BCUT2D eigenvalue weighted by molar-refractivity contribution is 7.80. The molecule has 2 aromatic rings. The molecule has 0 aliphatic heterocycles. The van der Waals surface area contributed by atoms with E-state index in [1.807, 2.05) is 19.9 Å². The Bertz CT molecular complexity index is 755. The molecule has 1 amide bonds. The highest BCUT2D eigenvalue weighted by atomic mass is 32.1. The van der Waals surface area contributed by atoms with Crippen LogP contribution in [0.15, 0.2) is 34.7 Å². The van der Waals surface area contributed by atoms with E-state index in [0.717, 1.165) is 5.56 Å². The summed E-state index contributed by atoms with van der Waals surface area (Å²) in [4.78, 5) is 11.8. The fourth-order valence-corrected chi connectivity index (χ4v) is 2.50. The van der Waals surface area contributed by atoms with Crippen molar-refractivity contribution in [3.63, 3.8) is 0 Å². The van der Waals surface area contributed by atoms with Crippen molar-refractivity contribution in [1.82, 2.24) is 5.32 Å². The fourth-order valence-electron chi connectivity index (χ4n) is 2.28. The molecule has 0 spiro atoms. The van der Waals surface area contributed by atoms with Crippen molar-refractivity contribution in [2.45, 2.75) is 26.9 Å². The van der Waals surface area contributed by atoms with Gasteiger partial charge >= 0.3 is 0 Å². The van der Waals surface area contributed by atoms with Crippen LogP contribution in [0, 0.1) is 5.92 Å². The topological polar surface area (TPSA) is 83.7 Å². The number of aliphatic hydroxyl groups excluding tert-OH is 1. The van der Waals surface area contributed by atoms with Gasteiger partial charge in [0.25, 0.3) is 0 Å². The number of anilines is 1. The van der Waals surface area contributed by atoms with E-state index >= 15 is 0 Å². The number of benzene rings is 1. The van der Waals surface area contributed by atoms with E-state index in [1.54, 1.807) is 31.4 Å². The predicted octanol–water partition coefficient (Wildman–Crippen LogP) is 3.31. The van der Waals surface area contributed by atoms with E-state index in [4.69, 9.17) is 26.5 Å². The zero-order chi connectivity index (χ0) is 18.4. The number of amides is 1. The number of carbonyl (C=O) groups is 1. The maximum atomic E-state index is 11.8. The minimum atomic E-state index is -0.159. The van der Waals surface area contributed by atoms with E-state index in [0.29, 0.717) is 29.4 Å². The SMILES string of the molecule is COc1ccc(-c2ccc(CO)o2)cc1NC(=S)NC(=O)CC(C)C. The summed E-state index contributed by atoms with van der Waals surface area (Å²) in [5.41, 5.74) is 1.40. The van der Waals surface area contributed by atoms with Crippen molar-refractivity contribution in [1.29, 1.82) is 0 Å². The number of rotatable bonds is 6. The summed E-state index contributed by atoms with van der Waals surface area (Å²) < 4.78 is 10.9. The molecule has 0 fully saturated rings. The van der Waals surface area contributed by atoms with Gasteiger partial charge in [0.15, 0.2) is 5.11 Å². The summed E-state index contributed by atoms with van der Waals surface area (Å²) in [7, 11) is 1.55. The Kier molecular flexibility index (Phi) is 6.55. The lowest BCUT2D eigenvalue weighted by molar-refractivity contribution is -0.120. The van der Waals surface area contributed by atoms with Gasteiger partial charge in [0.05, 0.1) is 12.8 Å². The predicted molar refractivity (Wildman–Crippen MR) is 100 cm³/mol. The first-order valence-corrected chi connectivity index (χ1v) is 8.32. The van der Waals surface area contributed by atoms with Crippen LogP contribution in [0.5, 0.6) is 5.75 Å². The van der Waals surface area contributed by atoms with Gasteiger partial charge in [-0.3, -0.25) is 4.79 Å². The summed E-state index contributed by atoms with van der Waals surface area (Å²) in [6.07, 6.45) is 0.398. The van der Waals surface area contributed by atoms with E-state index in [-0.39, 0.29) is 23.5 Å². The molecule has 0 aliphatic rings. The fraction of sp³-hybridized carbons (Fsp3) is 0.333. The zero-order valence-electron chi connectivity index (χ0n) is 14.5. The number of furan rings is 1. The largest absolute Gasteiger partial charge is 0.495 e. The van der Waals surface area contributed by atoms with Crippen LogP contribution in [0.3, 0.4) is 0 Å². The van der Waals surface area contributed by atoms with Gasteiger partial charge in [-0.15, -0.1) is 0 Å². The highest BCUT2D eigenvalue weighted by Crippen LogP contribution is 2.31. The number of hydrogen-bond acceptors (Lipinski definition) is 5. The molecular weight excluding hydrogens is 340 g/mol. The van der Waals surface area contributed by atoms with Gasteiger partial charge in [-0.05, 0) is 48.5 Å². The number of carbonyl (C=O) groups excluding carboxylic acids is 1. The summed E-state index contributed by atoms with van der Waals surface area (Å²) in [6, 6.07) is 8.91. The van der Waals surface area contributed by atoms with E-state index in [9.17, 15) is 4.79 Å². The Hall–Kier alpha value is -2.38. The molecule has 25 heavy (non-hydrogen) atoms. The van der Waals surface area contributed by atoms with E-state index in [1.165, 1.54) is 0 Å². The van der Waals surface area contributed by atoms with Crippen LogP contribution >= 0.6 is 12.2 Å². The normalized spacial score (nSPS) is 10.6. The molecule has 0 atom stereocenters. The second-order valence-corrected chi connectivity index (χ2v) is 6.35. The van der Waals surface area contributed by atoms with Crippen LogP contribution in [0.2, 0.25) is 0 Å². The number of methoxy groups -OCH3 is 1. The molecule has 1 aromatic carbocycles. The van der Waals surface area contributed by atoms with Crippen LogP contribution in [-0.2, 0) is 11.4 Å². The molecule has 0 unspecified atom stereocenters. The van der Waals surface area contributed by atoms with Crippen LogP contribution in [0.4, 0.5) is 5.69 Å². The van der Waals surface area contributed by atoms with Crippen molar-refractivity contribution < 1.29 is 19.1 Å². The number of thiocarbonyl (C=S) groups is 1. The van der Waals surface area contributed by atoms with Gasteiger partial charge in [0, 0.05) is 12.0 Å². The van der Waals surface area contributed by atoms with Crippen molar-refractivity contribution in [3.05, 3.63) is 36.1 Å². The standard InChI is InChI=1S/C18H22N2O4S/c1-11(2)8-17(22)20-18(25)19-14-9-12(4-6-16(14)23-3)15-7-5-13(10-21)24-15/h4-7,9,11,21H,8,10H2,1-3H3,(H2,19,20,22,25). The Labute approximate surface area is 152 Å². The molecule has 7 heteroatoms. The summed E-state index contributed by atoms with van der Waals surface area (Å²) in [6.45, 7) is 3.77. The minimum absolute atomic E-state index is 0.138. The van der Waals surface area contributed by atoms with Gasteiger partial charge < -0.3 is 24.9 Å². The lowest BCUT2D eigenvalue weighted by Gasteiger charge is -2.14. The smallest absolute Gasteiger partial charge is 0.226 e. The first-order valence-electron chi connectivity index (χ1n) is 7.91. The number of nitrogens with one attached hydrogen (secondary N) is 2. The summed E-state index contributed by atoms with van der Waals surface area (Å²) >= 11 is 5.20. The van der Waals surface area contributed by atoms with Crippen molar-refractivity contribution >= 4 is 28.9 Å². The number of ether oxygens (including phenoxy) is 1. The van der Waals surface area contributed by atoms with Crippen molar-refractivity contribution in [2.75, 3.05) is 12.4 Å². The quantitative estimate of drug-likeness (QED) is 0.684. The second kappa shape index (κ2) is 8.64. The zero-order valence-corrected chi connectivity index (χ0v) is 15.3. The minimum Gasteiger partial charge on any atom is -0.495 e. The van der Waals surface area contributed by atoms with Gasteiger partial charge in [-0.2, -0.15) is 0 Å². The molecule has 134 valence electrons. The van der Waals surface area contributed by atoms with Gasteiger partial charge in [-0.1, -0.05) is 13.8 Å². The molecule has 1 heterocycles. The molecule has 0 saturated heterocycles. The van der Waals surface area contributed by atoms with Crippen LogP contribution < -0.4 is 15.4 Å². The molecule has 0 radical (unpaired) electrons. The molecule has 0 bridgehead atoms. The van der Waals surface area contributed by atoms with Gasteiger partial charge in [0.1, 0.15) is 23.9 Å². The molecule has 0 saturated carbocycles. The molecule has 0 aliphatic carbocycles. The van der Waals surface area contributed by atoms with Crippen molar-refractivity contribution in [2.24, 2.45) is 5.92 Å². The van der Waals surface area contributed by atoms with Crippen LogP contribution in [0.1, 0.15) is 26.0 Å². The van der Waals surface area contributed by atoms with Gasteiger partial charge in [-0.25, -0.2) is 0 Å². The molecule has 6 nitrogen and oxygen atoms in total. The second-order valence-electron chi connectivity index (χ2n) is 5.94. The Morgan fingerprint density at radius 2 is 2.08 bits per heavy atom. The number of hydrogen-bond donors (Lipinski definition) is 3. The first-order chi connectivity index (χ1) is 11.9. The third kappa shape index (κ3) is 5.30. The average molecular weight is 362 g/mol. The highest BCUT2D eigenvalue weighted by Gasteiger charge is 2.12. The van der Waals surface area contributed by atoms with Crippen LogP contribution in [0.25, 0.3) is 11.3 Å². The Morgan fingerprint density at radius 3 is 2.68 bits per heavy atom. The monoisotopic (exact) mass is 362 g/mol. The lowest BCUT2D eigenvalue weighted by Crippen LogP contribution is -2.34. The average Bonchev–Trinajstić information content (AvgIpc) is 3.02. The molecule has 1 aromatic heterocycles. The third-order valence-corrected chi connectivity index (χ3v) is 3.60. The maximum absolute atomic E-state index is 11.8. The molecular formula is C18H22N2O4S. The third-order valence-electron chi connectivity index (χ3n) is 3.40. The van der Waals surface area contributed by atoms with E-state index < -0.39 is 0 Å². The Balaban J connectivity index is 2.16. The maximum Gasteiger partial charge on any atom is 0.226 e. The first kappa shape index (κ1) is 19.0. The molecule has 3 N–H and O–H groups in total. The lowest BCUT2D eigenvalue weighted by atomic mass is 10.1. The Morgan fingerprint density at radius 1 is 1.32 bits per heavy atom. The number of aliphatic hydroxyl groups is 1. The van der Waals surface area contributed by atoms with Crippen molar-refractivity contribution in [3.8, 4) is 17.1 Å². The van der Waals surface area contributed by atoms with Crippen LogP contribution in [-0.4, -0.2) is 23.2 Å². The summed E-state index contributed by atoms with van der Waals surface area (Å²) in [5.74, 6) is 1.79. The summed E-state index contributed by atoms with van der Waals surface area (Å²) in [5, 5.41) is 15.0.